The van der Waals surface area contributed by atoms with Crippen molar-refractivity contribution in [2.24, 2.45) is 0 Å². The molecule has 1 amide bonds. The smallest absolute Gasteiger partial charge is 0.338 e. The first kappa shape index (κ1) is 13.7. The number of hydrogen-bond donors (Lipinski definition) is 2. The maximum atomic E-state index is 13.6. The SMILES string of the molecule is O=C(Nc1sccc1C(=O)O)c1cc2c(F)cccc2s1. The molecule has 2 N–H and O–H groups in total. The number of carbonyl (C=O) groups is 2. The highest BCUT2D eigenvalue weighted by molar-refractivity contribution is 7.21. The molecular formula is C14H8FNO3S2. The molecule has 2 heterocycles. The van der Waals surface area contributed by atoms with Crippen LogP contribution in [-0.2, 0) is 0 Å². The maximum absolute atomic E-state index is 13.6. The lowest BCUT2D eigenvalue weighted by molar-refractivity contribution is 0.0698. The molecule has 0 bridgehead atoms. The zero-order chi connectivity index (χ0) is 15.0. The maximum Gasteiger partial charge on any atom is 0.338 e. The summed E-state index contributed by atoms with van der Waals surface area (Å²) in [6, 6.07) is 7.54. The lowest BCUT2D eigenvalue weighted by Crippen LogP contribution is -2.11. The Morgan fingerprint density at radius 2 is 2.05 bits per heavy atom. The number of rotatable bonds is 3. The van der Waals surface area contributed by atoms with Gasteiger partial charge in [0, 0.05) is 10.1 Å². The molecular weight excluding hydrogens is 313 g/mol. The standard InChI is InChI=1S/C14H8FNO3S2/c15-9-2-1-3-10-8(9)6-11(21-10)12(17)16-13-7(14(18)19)4-5-20-13/h1-6H,(H,16,17)(H,18,19). The van der Waals surface area contributed by atoms with Crippen LogP contribution >= 0.6 is 22.7 Å². The van der Waals surface area contributed by atoms with E-state index in [1.54, 1.807) is 17.5 Å². The normalized spacial score (nSPS) is 10.7. The van der Waals surface area contributed by atoms with Crippen LogP contribution in [0.15, 0.2) is 35.7 Å². The third-order valence-corrected chi connectivity index (χ3v) is 4.78. The summed E-state index contributed by atoms with van der Waals surface area (Å²) in [4.78, 5) is 23.5. The highest BCUT2D eigenvalue weighted by atomic mass is 32.1. The fourth-order valence-electron chi connectivity index (χ4n) is 1.88. The molecule has 0 saturated heterocycles. The average molecular weight is 321 g/mol. The summed E-state index contributed by atoms with van der Waals surface area (Å²) in [5.74, 6) is -1.93. The largest absolute Gasteiger partial charge is 0.478 e. The highest BCUT2D eigenvalue weighted by Gasteiger charge is 2.17. The number of fused-ring (bicyclic) bond motifs is 1. The fraction of sp³-hybridized carbons (Fsp3) is 0. The van der Waals surface area contributed by atoms with Crippen LogP contribution in [0.2, 0.25) is 0 Å². The number of carboxylic acid groups (broad SMARTS) is 1. The van der Waals surface area contributed by atoms with E-state index in [2.05, 4.69) is 5.32 Å². The van der Waals surface area contributed by atoms with Gasteiger partial charge in [0.15, 0.2) is 0 Å². The van der Waals surface area contributed by atoms with Gasteiger partial charge in [-0.05, 0) is 29.6 Å². The third-order valence-electron chi connectivity index (χ3n) is 2.85. The Kier molecular flexibility index (Phi) is 3.44. The second kappa shape index (κ2) is 5.27. The Labute approximate surface area is 126 Å². The first-order valence-corrected chi connectivity index (χ1v) is 7.56. The number of anilines is 1. The van der Waals surface area contributed by atoms with Gasteiger partial charge in [0.25, 0.3) is 5.91 Å². The van der Waals surface area contributed by atoms with Gasteiger partial charge in [0.1, 0.15) is 10.8 Å². The number of carbonyl (C=O) groups excluding carboxylic acids is 1. The van der Waals surface area contributed by atoms with Crippen molar-refractivity contribution in [1.82, 2.24) is 0 Å². The Morgan fingerprint density at radius 1 is 1.24 bits per heavy atom. The van der Waals surface area contributed by atoms with Crippen molar-refractivity contribution in [2.75, 3.05) is 5.32 Å². The number of halogens is 1. The first-order chi connectivity index (χ1) is 10.1. The van der Waals surface area contributed by atoms with Crippen molar-refractivity contribution < 1.29 is 19.1 Å². The number of benzene rings is 1. The van der Waals surface area contributed by atoms with E-state index < -0.39 is 11.9 Å². The third kappa shape index (κ3) is 2.53. The summed E-state index contributed by atoms with van der Waals surface area (Å²) >= 11 is 2.29. The second-order valence-electron chi connectivity index (χ2n) is 4.18. The molecule has 0 atom stereocenters. The van der Waals surface area contributed by atoms with E-state index in [1.165, 1.54) is 18.2 Å². The van der Waals surface area contributed by atoms with E-state index >= 15 is 0 Å². The monoisotopic (exact) mass is 321 g/mol. The van der Waals surface area contributed by atoms with Crippen LogP contribution in [0.4, 0.5) is 9.39 Å². The Bertz CT molecular complexity index is 853. The molecule has 106 valence electrons. The lowest BCUT2D eigenvalue weighted by Gasteiger charge is -2.01. The van der Waals surface area contributed by atoms with Crippen molar-refractivity contribution in [3.05, 3.63) is 52.0 Å². The molecule has 0 radical (unpaired) electrons. The van der Waals surface area contributed by atoms with E-state index in [9.17, 15) is 14.0 Å². The molecule has 0 fully saturated rings. The molecule has 3 rings (SSSR count). The Morgan fingerprint density at radius 3 is 2.76 bits per heavy atom. The molecule has 3 aromatic rings. The summed E-state index contributed by atoms with van der Waals surface area (Å²) in [7, 11) is 0. The molecule has 2 aromatic heterocycles. The van der Waals surface area contributed by atoms with Gasteiger partial charge < -0.3 is 10.4 Å². The van der Waals surface area contributed by atoms with Crippen LogP contribution in [0.5, 0.6) is 0 Å². The molecule has 21 heavy (non-hydrogen) atoms. The molecule has 0 aliphatic rings. The van der Waals surface area contributed by atoms with Gasteiger partial charge in [-0.3, -0.25) is 4.79 Å². The molecule has 1 aromatic carbocycles. The van der Waals surface area contributed by atoms with Gasteiger partial charge in [-0.15, -0.1) is 22.7 Å². The van der Waals surface area contributed by atoms with E-state index in [1.807, 2.05) is 0 Å². The molecule has 0 unspecified atom stereocenters. The van der Waals surface area contributed by atoms with Gasteiger partial charge in [0.2, 0.25) is 0 Å². The van der Waals surface area contributed by atoms with Crippen LogP contribution in [0.1, 0.15) is 20.0 Å². The molecule has 0 spiro atoms. The quantitative estimate of drug-likeness (QED) is 0.764. The number of amides is 1. The van der Waals surface area contributed by atoms with Gasteiger partial charge in [-0.1, -0.05) is 6.07 Å². The summed E-state index contributed by atoms with van der Waals surface area (Å²) < 4.78 is 14.3. The van der Waals surface area contributed by atoms with Crippen LogP contribution in [0, 0.1) is 5.82 Å². The van der Waals surface area contributed by atoms with Crippen LogP contribution in [0.25, 0.3) is 10.1 Å². The predicted octanol–water partition coefficient (Wildman–Crippen LogP) is 4.05. The van der Waals surface area contributed by atoms with E-state index in [0.717, 1.165) is 22.7 Å². The Hall–Kier alpha value is -2.25. The molecule has 0 saturated carbocycles. The summed E-state index contributed by atoms with van der Waals surface area (Å²) in [5.41, 5.74) is 0.0423. The van der Waals surface area contributed by atoms with Crippen LogP contribution in [0.3, 0.4) is 0 Å². The van der Waals surface area contributed by atoms with Crippen molar-refractivity contribution in [3.63, 3.8) is 0 Å². The van der Waals surface area contributed by atoms with Crippen molar-refractivity contribution in [1.29, 1.82) is 0 Å². The molecule has 0 aliphatic carbocycles. The molecule has 7 heteroatoms. The minimum atomic E-state index is -1.10. The van der Waals surface area contributed by atoms with Crippen molar-refractivity contribution in [2.45, 2.75) is 0 Å². The molecule has 4 nitrogen and oxygen atoms in total. The summed E-state index contributed by atoms with van der Waals surface area (Å²) in [6.07, 6.45) is 0. The van der Waals surface area contributed by atoms with E-state index in [4.69, 9.17) is 5.11 Å². The van der Waals surface area contributed by atoms with Gasteiger partial charge in [-0.25, -0.2) is 9.18 Å². The van der Waals surface area contributed by atoms with Gasteiger partial charge in [-0.2, -0.15) is 0 Å². The minimum Gasteiger partial charge on any atom is -0.478 e. The number of aromatic carboxylic acids is 1. The number of thiophene rings is 2. The number of nitrogens with one attached hydrogen (secondary N) is 1. The van der Waals surface area contributed by atoms with E-state index in [-0.39, 0.29) is 16.4 Å². The molecule has 0 aliphatic heterocycles. The summed E-state index contributed by atoms with van der Waals surface area (Å²) in [6.45, 7) is 0. The topological polar surface area (TPSA) is 66.4 Å². The second-order valence-corrected chi connectivity index (χ2v) is 6.18. The first-order valence-electron chi connectivity index (χ1n) is 5.86. The van der Waals surface area contributed by atoms with Crippen molar-refractivity contribution >= 4 is 49.6 Å². The predicted molar refractivity (Wildman–Crippen MR) is 81.0 cm³/mol. The number of hydrogen-bond acceptors (Lipinski definition) is 4. The van der Waals surface area contributed by atoms with Gasteiger partial charge in [0.05, 0.1) is 10.4 Å². The van der Waals surface area contributed by atoms with Gasteiger partial charge >= 0.3 is 5.97 Å². The van der Waals surface area contributed by atoms with Crippen LogP contribution < -0.4 is 5.32 Å². The zero-order valence-corrected chi connectivity index (χ0v) is 12.1. The zero-order valence-electron chi connectivity index (χ0n) is 10.4. The minimum absolute atomic E-state index is 0.0423. The fourth-order valence-corrected chi connectivity index (χ4v) is 3.62. The average Bonchev–Trinajstić information content (AvgIpc) is 3.05. The Balaban J connectivity index is 1.92. The summed E-state index contributed by atoms with van der Waals surface area (Å²) in [5, 5.41) is 13.8. The highest BCUT2D eigenvalue weighted by Crippen LogP contribution is 2.29. The van der Waals surface area contributed by atoms with Crippen LogP contribution in [-0.4, -0.2) is 17.0 Å². The van der Waals surface area contributed by atoms with Crippen molar-refractivity contribution in [3.8, 4) is 0 Å². The lowest BCUT2D eigenvalue weighted by atomic mass is 10.2. The van der Waals surface area contributed by atoms with E-state index in [0.29, 0.717) is 15.0 Å². The number of carboxylic acids is 1.